The van der Waals surface area contributed by atoms with Crippen LogP contribution >= 0.6 is 0 Å². The highest BCUT2D eigenvalue weighted by Gasteiger charge is 2.43. The van der Waals surface area contributed by atoms with Gasteiger partial charge in [-0.1, -0.05) is 18.2 Å². The molecule has 13 heteroatoms. The number of rotatable bonds is 11. The average Bonchev–Trinajstić information content (AvgIpc) is 3.69. The second kappa shape index (κ2) is 12.8. The molecule has 216 valence electrons. The highest BCUT2D eigenvalue weighted by molar-refractivity contribution is 5.95. The Bertz CT molecular complexity index is 1270. The SMILES string of the molecule is NC(N)=NCCCC(NC(=O)C1CCCN1C(=O)C1CCCN1C(=O)C(N)Cc1c[nH]c2ccccc12)C(=O)O. The molecular weight excluding hydrogens is 516 g/mol. The number of likely N-dealkylation sites (tertiary alicyclic amines) is 2. The van der Waals surface area contributed by atoms with Gasteiger partial charge in [-0.05, 0) is 56.6 Å². The van der Waals surface area contributed by atoms with Crippen LogP contribution in [0.3, 0.4) is 0 Å². The second-order valence-electron chi connectivity index (χ2n) is 10.4. The predicted molar refractivity (Wildman–Crippen MR) is 149 cm³/mol. The molecule has 0 saturated carbocycles. The molecule has 1 aromatic heterocycles. The van der Waals surface area contributed by atoms with E-state index in [1.54, 1.807) is 4.90 Å². The van der Waals surface area contributed by atoms with Crippen LogP contribution in [-0.4, -0.2) is 93.3 Å². The standard InChI is InChI=1S/C27H38N8O5/c28-18(14-16-15-32-19-7-2-1-6-17(16)19)24(37)35-13-5-10-22(35)25(38)34-12-4-9-21(34)23(36)33-20(26(39)40)8-3-11-31-27(29)30/h1-2,6-7,15,18,20-22,32H,3-5,8-14,28H2,(H,33,36)(H,39,40)(H4,29,30,31). The maximum Gasteiger partial charge on any atom is 0.326 e. The van der Waals surface area contributed by atoms with Gasteiger partial charge in [0.15, 0.2) is 5.96 Å². The van der Waals surface area contributed by atoms with Crippen molar-refractivity contribution in [3.63, 3.8) is 0 Å². The summed E-state index contributed by atoms with van der Waals surface area (Å²) in [6.07, 6.45) is 4.84. The molecular formula is C27H38N8O5. The van der Waals surface area contributed by atoms with Crippen molar-refractivity contribution in [2.24, 2.45) is 22.2 Å². The van der Waals surface area contributed by atoms with Gasteiger partial charge in [0.25, 0.3) is 0 Å². The zero-order valence-corrected chi connectivity index (χ0v) is 22.4. The largest absolute Gasteiger partial charge is 0.480 e. The number of aliphatic carboxylic acids is 1. The smallest absolute Gasteiger partial charge is 0.326 e. The summed E-state index contributed by atoms with van der Waals surface area (Å²) in [6.45, 7) is 1.02. The lowest BCUT2D eigenvalue weighted by Crippen LogP contribution is -2.56. The number of nitrogens with one attached hydrogen (secondary N) is 2. The first-order valence-corrected chi connectivity index (χ1v) is 13.7. The van der Waals surface area contributed by atoms with Crippen molar-refractivity contribution in [2.45, 2.75) is 69.1 Å². The topological polar surface area (TPSA) is 213 Å². The normalized spacial score (nSPS) is 20.3. The summed E-state index contributed by atoms with van der Waals surface area (Å²) in [6, 6.07) is 4.32. The number of aromatic nitrogens is 1. The molecule has 4 atom stereocenters. The fourth-order valence-corrected chi connectivity index (χ4v) is 5.65. The van der Waals surface area contributed by atoms with E-state index >= 15 is 0 Å². The molecule has 1 aromatic carbocycles. The molecule has 3 amide bonds. The number of carboxylic acid groups (broad SMARTS) is 1. The summed E-state index contributed by atoms with van der Waals surface area (Å²) < 4.78 is 0. The Morgan fingerprint density at radius 2 is 1.77 bits per heavy atom. The highest BCUT2D eigenvalue weighted by atomic mass is 16.4. The van der Waals surface area contributed by atoms with Gasteiger partial charge in [0.2, 0.25) is 17.7 Å². The number of carboxylic acids is 1. The van der Waals surface area contributed by atoms with Crippen molar-refractivity contribution in [1.29, 1.82) is 0 Å². The van der Waals surface area contributed by atoms with Gasteiger partial charge >= 0.3 is 5.97 Å². The number of amides is 3. The van der Waals surface area contributed by atoms with Crippen molar-refractivity contribution in [2.75, 3.05) is 19.6 Å². The molecule has 40 heavy (non-hydrogen) atoms. The molecule has 2 aliphatic heterocycles. The third kappa shape index (κ3) is 6.53. The van der Waals surface area contributed by atoms with Gasteiger partial charge in [0.05, 0.1) is 6.04 Å². The van der Waals surface area contributed by atoms with Crippen LogP contribution in [0.15, 0.2) is 35.5 Å². The molecule has 13 nitrogen and oxygen atoms in total. The Morgan fingerprint density at radius 3 is 2.50 bits per heavy atom. The summed E-state index contributed by atoms with van der Waals surface area (Å²) >= 11 is 0. The number of aliphatic imine (C=N–C) groups is 1. The van der Waals surface area contributed by atoms with Gasteiger partial charge in [-0.3, -0.25) is 19.4 Å². The zero-order chi connectivity index (χ0) is 28.8. The van der Waals surface area contributed by atoms with Crippen LogP contribution in [0.2, 0.25) is 0 Å². The van der Waals surface area contributed by atoms with E-state index in [1.165, 1.54) is 4.90 Å². The number of guanidine groups is 1. The minimum Gasteiger partial charge on any atom is -0.480 e. The number of para-hydroxylation sites is 1. The van der Waals surface area contributed by atoms with Crippen LogP contribution in [0, 0.1) is 0 Å². The predicted octanol–water partition coefficient (Wildman–Crippen LogP) is -0.357. The number of benzene rings is 1. The third-order valence-electron chi connectivity index (χ3n) is 7.65. The molecule has 2 aromatic rings. The fraction of sp³-hybridized carbons (Fsp3) is 0.519. The van der Waals surface area contributed by atoms with Gasteiger partial charge in [-0.15, -0.1) is 0 Å². The molecule has 2 fully saturated rings. The first kappa shape index (κ1) is 28.9. The van der Waals surface area contributed by atoms with Crippen molar-refractivity contribution in [1.82, 2.24) is 20.1 Å². The molecule has 2 aliphatic rings. The Morgan fingerprint density at radius 1 is 1.07 bits per heavy atom. The lowest BCUT2D eigenvalue weighted by atomic mass is 10.0. The number of carbonyl (C=O) groups excluding carboxylic acids is 3. The number of hydrogen-bond donors (Lipinski definition) is 6. The van der Waals surface area contributed by atoms with Crippen LogP contribution in [-0.2, 0) is 25.6 Å². The minimum absolute atomic E-state index is 0.0885. The first-order chi connectivity index (χ1) is 19.2. The fourth-order valence-electron chi connectivity index (χ4n) is 5.65. The number of nitrogens with zero attached hydrogens (tertiary/aromatic N) is 3. The minimum atomic E-state index is -1.18. The van der Waals surface area contributed by atoms with E-state index in [1.807, 2.05) is 30.5 Å². The Kier molecular flexibility index (Phi) is 9.25. The first-order valence-electron chi connectivity index (χ1n) is 13.7. The van der Waals surface area contributed by atoms with Gasteiger partial charge in [-0.25, -0.2) is 4.79 Å². The Labute approximate surface area is 232 Å². The lowest BCUT2D eigenvalue weighted by molar-refractivity contribution is -0.148. The van der Waals surface area contributed by atoms with E-state index in [0.29, 0.717) is 51.6 Å². The van der Waals surface area contributed by atoms with Crippen molar-refractivity contribution in [3.8, 4) is 0 Å². The van der Waals surface area contributed by atoms with E-state index in [9.17, 15) is 24.3 Å². The molecule has 0 spiro atoms. The van der Waals surface area contributed by atoms with Crippen molar-refractivity contribution >= 4 is 40.6 Å². The van der Waals surface area contributed by atoms with Crippen LogP contribution < -0.4 is 22.5 Å². The summed E-state index contributed by atoms with van der Waals surface area (Å²) in [5.74, 6) is -2.39. The lowest BCUT2D eigenvalue weighted by Gasteiger charge is -2.32. The summed E-state index contributed by atoms with van der Waals surface area (Å²) in [5, 5.41) is 13.1. The van der Waals surface area contributed by atoms with E-state index in [0.717, 1.165) is 16.5 Å². The molecule has 9 N–H and O–H groups in total. The number of H-pyrrole nitrogens is 1. The molecule has 0 aliphatic carbocycles. The summed E-state index contributed by atoms with van der Waals surface area (Å²) in [5.41, 5.74) is 18.8. The van der Waals surface area contributed by atoms with Crippen LogP contribution in [0.1, 0.15) is 44.1 Å². The number of hydrogen-bond acceptors (Lipinski definition) is 6. The number of aromatic amines is 1. The van der Waals surface area contributed by atoms with Crippen LogP contribution in [0.4, 0.5) is 0 Å². The maximum absolute atomic E-state index is 13.6. The maximum atomic E-state index is 13.6. The molecule has 4 rings (SSSR count). The molecule has 2 saturated heterocycles. The Balaban J connectivity index is 1.38. The van der Waals surface area contributed by atoms with E-state index < -0.39 is 36.0 Å². The van der Waals surface area contributed by atoms with Crippen molar-refractivity contribution < 1.29 is 24.3 Å². The Hall–Kier alpha value is -4.13. The number of nitrogens with two attached hydrogens (primary N) is 3. The van der Waals surface area contributed by atoms with Gasteiger partial charge in [0, 0.05) is 36.7 Å². The van der Waals surface area contributed by atoms with Gasteiger partial charge in [0.1, 0.15) is 18.1 Å². The monoisotopic (exact) mass is 554 g/mol. The molecule has 3 heterocycles. The zero-order valence-electron chi connectivity index (χ0n) is 22.4. The quantitative estimate of drug-likeness (QED) is 0.122. The molecule has 0 bridgehead atoms. The van der Waals surface area contributed by atoms with E-state index in [-0.39, 0.29) is 30.7 Å². The molecule has 4 unspecified atom stereocenters. The van der Waals surface area contributed by atoms with E-state index in [4.69, 9.17) is 17.2 Å². The number of fused-ring (bicyclic) bond motifs is 1. The van der Waals surface area contributed by atoms with Gasteiger partial charge in [-0.2, -0.15) is 0 Å². The van der Waals surface area contributed by atoms with Crippen LogP contribution in [0.25, 0.3) is 10.9 Å². The summed E-state index contributed by atoms with van der Waals surface area (Å²) in [7, 11) is 0. The van der Waals surface area contributed by atoms with Gasteiger partial charge < -0.3 is 42.4 Å². The van der Waals surface area contributed by atoms with Crippen molar-refractivity contribution in [3.05, 3.63) is 36.0 Å². The third-order valence-corrected chi connectivity index (χ3v) is 7.65. The number of carbonyl (C=O) groups is 4. The average molecular weight is 555 g/mol. The highest BCUT2D eigenvalue weighted by Crippen LogP contribution is 2.26. The summed E-state index contributed by atoms with van der Waals surface area (Å²) in [4.78, 5) is 61.9. The van der Waals surface area contributed by atoms with Crippen LogP contribution in [0.5, 0.6) is 0 Å². The second-order valence-corrected chi connectivity index (χ2v) is 10.4. The molecule has 0 radical (unpaired) electrons. The van der Waals surface area contributed by atoms with E-state index in [2.05, 4.69) is 15.3 Å².